The van der Waals surface area contributed by atoms with Crippen molar-refractivity contribution < 1.29 is 26.2 Å². The van der Waals surface area contributed by atoms with Crippen LogP contribution in [0, 0.1) is 19.9 Å². The Morgan fingerprint density at radius 3 is 1.86 bits per heavy atom. The molecule has 0 aliphatic rings. The van der Waals surface area contributed by atoms with Crippen molar-refractivity contribution in [2.24, 2.45) is 0 Å². The summed E-state index contributed by atoms with van der Waals surface area (Å²) in [5, 5.41) is 12.0. The summed E-state index contributed by atoms with van der Waals surface area (Å²) in [6.07, 6.45) is 1.89. The Balaban J connectivity index is 0.00000544. The first-order valence-electron chi connectivity index (χ1n) is 21.5. The third-order valence-corrected chi connectivity index (χ3v) is 12.0. The van der Waals surface area contributed by atoms with Crippen LogP contribution in [0.3, 0.4) is 0 Å². The minimum atomic E-state index is -0.154. The van der Waals surface area contributed by atoms with Gasteiger partial charge in [0, 0.05) is 38.5 Å². The summed E-state index contributed by atoms with van der Waals surface area (Å²) in [7, 11) is 0. The minimum Gasteiger partial charge on any atom is -0.507 e. The van der Waals surface area contributed by atoms with E-state index >= 15 is 0 Å². The molecule has 7 aromatic carbocycles. The molecule has 0 unspecified atom stereocenters. The number of para-hydroxylation sites is 1. The Kier molecular flexibility index (Phi) is 11.7. The van der Waals surface area contributed by atoms with Crippen molar-refractivity contribution in [3.8, 4) is 78.6 Å². The largest absolute Gasteiger partial charge is 0.507 e. The molecule has 2 aromatic heterocycles. The first-order valence-corrected chi connectivity index (χ1v) is 21.5. The van der Waals surface area contributed by atoms with E-state index in [-0.39, 0.29) is 37.6 Å². The van der Waals surface area contributed by atoms with Crippen LogP contribution in [0.25, 0.3) is 83.9 Å². The van der Waals surface area contributed by atoms with Crippen molar-refractivity contribution in [1.29, 1.82) is 0 Å². The number of aryl methyl sites for hydroxylation is 2. The zero-order valence-electron chi connectivity index (χ0n) is 37.2. The van der Waals surface area contributed by atoms with Crippen molar-refractivity contribution in [2.45, 2.75) is 66.2 Å². The van der Waals surface area contributed by atoms with Crippen LogP contribution in [0.5, 0.6) is 5.75 Å². The van der Waals surface area contributed by atoms with Gasteiger partial charge in [-0.2, -0.15) is 0 Å². The van der Waals surface area contributed by atoms with Gasteiger partial charge in [-0.15, -0.1) is 23.8 Å². The summed E-state index contributed by atoms with van der Waals surface area (Å²) in [4.78, 5) is 10.5. The van der Waals surface area contributed by atoms with E-state index < -0.39 is 0 Å². The zero-order chi connectivity index (χ0) is 43.3. The molecule has 2 heterocycles. The van der Waals surface area contributed by atoms with Crippen LogP contribution in [0.1, 0.15) is 63.8 Å². The number of fused-ring (bicyclic) bond motifs is 1. The van der Waals surface area contributed by atoms with Gasteiger partial charge in [0.25, 0.3) is 0 Å². The molecule has 5 heteroatoms. The van der Waals surface area contributed by atoms with E-state index in [0.29, 0.717) is 11.4 Å². The molecule has 0 atom stereocenters. The number of phenols is 1. The van der Waals surface area contributed by atoms with Crippen LogP contribution in [-0.2, 0) is 31.9 Å². The molecule has 63 heavy (non-hydrogen) atoms. The SMILES string of the molecule is Cc1ccc(-n2c(-c3cc(C(C)(C)C)cc(C)c3O)nc3c(-c4[c-]c(-c5cc(-c6ccc(C(C)(C)C)cc6)ccn5)cc(-c5ccccc5)c4)cccc32)c(-c2ccccc2)c1.[Pt]. The van der Waals surface area contributed by atoms with Gasteiger partial charge >= 0.3 is 0 Å². The Morgan fingerprint density at radius 2 is 1.17 bits per heavy atom. The van der Waals surface area contributed by atoms with Crippen LogP contribution >= 0.6 is 0 Å². The van der Waals surface area contributed by atoms with Gasteiger partial charge in [-0.25, -0.2) is 4.98 Å². The van der Waals surface area contributed by atoms with E-state index in [2.05, 4.69) is 205 Å². The maximum absolute atomic E-state index is 12.0. The van der Waals surface area contributed by atoms with Gasteiger partial charge in [-0.05, 0) is 94.0 Å². The first kappa shape index (κ1) is 43.3. The van der Waals surface area contributed by atoms with Gasteiger partial charge < -0.3 is 5.11 Å². The molecule has 9 aromatic rings. The number of rotatable bonds is 7. The van der Waals surface area contributed by atoms with Crippen LogP contribution in [-0.4, -0.2) is 19.6 Å². The fourth-order valence-corrected chi connectivity index (χ4v) is 8.39. The number of phenolic OH excluding ortho intramolecular Hbond substituents is 1. The molecule has 0 bridgehead atoms. The Labute approximate surface area is 386 Å². The summed E-state index contributed by atoms with van der Waals surface area (Å²) in [6, 6.07) is 59.5. The maximum Gasteiger partial charge on any atom is 0.148 e. The number of imidazole rings is 1. The number of hydrogen-bond donors (Lipinski definition) is 1. The average Bonchev–Trinajstić information content (AvgIpc) is 3.66. The minimum absolute atomic E-state index is 0. The third kappa shape index (κ3) is 8.58. The summed E-state index contributed by atoms with van der Waals surface area (Å²) < 4.78 is 2.24. The van der Waals surface area contributed by atoms with Crippen molar-refractivity contribution in [3.63, 3.8) is 0 Å². The van der Waals surface area contributed by atoms with Crippen LogP contribution in [0.15, 0.2) is 164 Å². The van der Waals surface area contributed by atoms with Crippen LogP contribution in [0.2, 0.25) is 0 Å². The molecule has 0 spiro atoms. The standard InChI is InChI=1S/C58H52N3O.Pt/c1-37-22-27-52(49(30-37)41-18-13-10-14-19-41)61-53-21-15-20-48(54(53)60-56(61)50-36-47(58(6,7)8)31-38(2)55(50)62)44-32-43(39-16-11-9-12-17-39)33-45(34-44)51-35-42(28-29-59-51)40-23-25-46(26-24-40)57(3,4)5;/h9-33,35-36,62H,1-8H3;/q-1;. The van der Waals surface area contributed by atoms with E-state index in [1.54, 1.807) is 0 Å². The molecule has 0 saturated heterocycles. The molecule has 4 nitrogen and oxygen atoms in total. The number of aromatic nitrogens is 3. The average molecular weight is 1000 g/mol. The summed E-state index contributed by atoms with van der Waals surface area (Å²) in [6.45, 7) is 17.4. The second-order valence-electron chi connectivity index (χ2n) is 18.6. The fourth-order valence-electron chi connectivity index (χ4n) is 8.39. The zero-order valence-corrected chi connectivity index (χ0v) is 39.5. The molecule has 0 radical (unpaired) electrons. The predicted molar refractivity (Wildman–Crippen MR) is 259 cm³/mol. The molecular formula is C58H52N3OPt-. The van der Waals surface area contributed by atoms with E-state index in [4.69, 9.17) is 9.97 Å². The Bertz CT molecular complexity index is 3100. The summed E-state index contributed by atoms with van der Waals surface area (Å²) in [5.74, 6) is 0.898. The first-order chi connectivity index (χ1) is 29.7. The second-order valence-corrected chi connectivity index (χ2v) is 18.6. The molecule has 0 aliphatic carbocycles. The number of pyridine rings is 1. The fraction of sp³-hybridized carbons (Fsp3) is 0.172. The number of nitrogens with zero attached hydrogens (tertiary/aromatic N) is 3. The Morgan fingerprint density at radius 1 is 0.524 bits per heavy atom. The van der Waals surface area contributed by atoms with Gasteiger partial charge in [0.05, 0.1) is 22.3 Å². The van der Waals surface area contributed by atoms with E-state index in [9.17, 15) is 5.11 Å². The van der Waals surface area contributed by atoms with Crippen molar-refractivity contribution in [1.82, 2.24) is 14.5 Å². The van der Waals surface area contributed by atoms with Gasteiger partial charge in [-0.3, -0.25) is 9.55 Å². The summed E-state index contributed by atoms with van der Waals surface area (Å²) >= 11 is 0. The smallest absolute Gasteiger partial charge is 0.148 e. The third-order valence-electron chi connectivity index (χ3n) is 12.0. The van der Waals surface area contributed by atoms with E-state index in [1.165, 1.54) is 5.56 Å². The quantitative estimate of drug-likeness (QED) is 0.162. The molecule has 316 valence electrons. The molecule has 0 aliphatic heterocycles. The van der Waals surface area contributed by atoms with Crippen molar-refractivity contribution in [2.75, 3.05) is 0 Å². The molecular weight excluding hydrogens is 950 g/mol. The normalized spacial score (nSPS) is 11.7. The second kappa shape index (κ2) is 17.1. The number of hydrogen-bond acceptors (Lipinski definition) is 3. The molecule has 0 saturated carbocycles. The van der Waals surface area contributed by atoms with Crippen molar-refractivity contribution >= 4 is 11.0 Å². The summed E-state index contributed by atoms with van der Waals surface area (Å²) in [5.41, 5.74) is 17.9. The van der Waals surface area contributed by atoms with Crippen LogP contribution in [0.4, 0.5) is 0 Å². The topological polar surface area (TPSA) is 50.9 Å². The molecule has 1 N–H and O–H groups in total. The van der Waals surface area contributed by atoms with Gasteiger partial charge in [0.2, 0.25) is 0 Å². The van der Waals surface area contributed by atoms with Crippen LogP contribution < -0.4 is 0 Å². The Hall–Kier alpha value is -6.35. The monoisotopic (exact) mass is 1000 g/mol. The molecule has 0 amide bonds. The number of aromatic hydroxyl groups is 1. The van der Waals surface area contributed by atoms with Gasteiger partial charge in [0.15, 0.2) is 0 Å². The van der Waals surface area contributed by atoms with E-state index in [0.717, 1.165) is 89.2 Å². The predicted octanol–water partition coefficient (Wildman–Crippen LogP) is 15.1. The molecule has 0 fully saturated rings. The molecule has 9 rings (SSSR count). The van der Waals surface area contributed by atoms with Gasteiger partial charge in [-0.1, -0.05) is 179 Å². The van der Waals surface area contributed by atoms with Crippen molar-refractivity contribution in [3.05, 3.63) is 192 Å². The van der Waals surface area contributed by atoms with Gasteiger partial charge in [0.1, 0.15) is 11.6 Å². The van der Waals surface area contributed by atoms with E-state index in [1.807, 2.05) is 25.3 Å². The number of benzene rings is 7. The maximum atomic E-state index is 12.0.